The van der Waals surface area contributed by atoms with Gasteiger partial charge in [0.25, 0.3) is 0 Å². The molecule has 0 aliphatic rings. The first kappa shape index (κ1) is 32.5. The summed E-state index contributed by atoms with van der Waals surface area (Å²) < 4.78 is 0. The van der Waals surface area contributed by atoms with E-state index in [4.69, 9.17) is 17.2 Å². The number of benzene rings is 4. The molecule has 4 aromatic carbocycles. The fourth-order valence-electron chi connectivity index (χ4n) is 5.20. The molecule has 0 aromatic heterocycles. The van der Waals surface area contributed by atoms with Gasteiger partial charge in [0.2, 0.25) is 23.6 Å². The number of nitrogens with one attached hydrogen (secondary N) is 3. The van der Waals surface area contributed by atoms with Crippen LogP contribution in [0.4, 0.5) is 0 Å². The number of fused-ring (bicyclic) bond motifs is 2. The SMILES string of the molecule is CC(=O)NC(Cc1ccc2ccccc2c1)C(=O)NC(CCCN=C(N)N)C(=O)NC(Cc1ccc2ccccc2c1)C(N)=O. The number of carbonyl (C=O) groups excluding carboxylic acids is 4. The Labute approximate surface area is 261 Å². The van der Waals surface area contributed by atoms with Crippen molar-refractivity contribution in [3.05, 3.63) is 96.1 Å². The van der Waals surface area contributed by atoms with Crippen molar-refractivity contribution in [1.82, 2.24) is 16.0 Å². The van der Waals surface area contributed by atoms with Gasteiger partial charge in [-0.1, -0.05) is 84.9 Å². The number of hydrogen-bond acceptors (Lipinski definition) is 5. The van der Waals surface area contributed by atoms with E-state index in [0.29, 0.717) is 6.42 Å². The van der Waals surface area contributed by atoms with E-state index in [2.05, 4.69) is 20.9 Å². The molecule has 0 saturated carbocycles. The van der Waals surface area contributed by atoms with Gasteiger partial charge in [-0.25, -0.2) is 0 Å². The second-order valence-electron chi connectivity index (χ2n) is 11.0. The molecule has 0 heterocycles. The Hall–Kier alpha value is -5.45. The smallest absolute Gasteiger partial charge is 0.243 e. The Morgan fingerprint density at radius 2 is 1.13 bits per heavy atom. The zero-order chi connectivity index (χ0) is 32.3. The summed E-state index contributed by atoms with van der Waals surface area (Å²) in [5.74, 6) is -2.34. The summed E-state index contributed by atoms with van der Waals surface area (Å²) in [5, 5.41) is 12.3. The van der Waals surface area contributed by atoms with Crippen LogP contribution in [0.2, 0.25) is 0 Å². The third kappa shape index (κ3) is 9.52. The summed E-state index contributed by atoms with van der Waals surface area (Å²) in [5.41, 5.74) is 18.2. The lowest BCUT2D eigenvalue weighted by atomic mass is 10.00. The highest BCUT2D eigenvalue weighted by molar-refractivity contribution is 5.94. The van der Waals surface area contributed by atoms with E-state index in [-0.39, 0.29) is 31.8 Å². The minimum atomic E-state index is -1.06. The number of guanidine groups is 1. The molecule has 0 aliphatic carbocycles. The van der Waals surface area contributed by atoms with Crippen LogP contribution in [-0.4, -0.2) is 54.3 Å². The molecule has 4 rings (SSSR count). The molecule has 4 amide bonds. The molecule has 45 heavy (non-hydrogen) atoms. The fourth-order valence-corrected chi connectivity index (χ4v) is 5.20. The number of aliphatic imine (C=N–C) groups is 1. The highest BCUT2D eigenvalue weighted by Gasteiger charge is 2.29. The maximum atomic E-state index is 13.6. The van der Waals surface area contributed by atoms with Gasteiger partial charge in [0, 0.05) is 26.3 Å². The molecule has 3 unspecified atom stereocenters. The lowest BCUT2D eigenvalue weighted by Crippen LogP contribution is -2.57. The highest BCUT2D eigenvalue weighted by Crippen LogP contribution is 2.18. The average molecular weight is 610 g/mol. The van der Waals surface area contributed by atoms with Gasteiger partial charge < -0.3 is 33.2 Å². The maximum Gasteiger partial charge on any atom is 0.243 e. The largest absolute Gasteiger partial charge is 0.370 e. The number of hydrogen-bond donors (Lipinski definition) is 6. The van der Waals surface area contributed by atoms with E-state index < -0.39 is 41.8 Å². The number of rotatable bonds is 14. The standard InChI is InChI=1S/C34H39N7O4/c1-21(42)39-30(20-23-13-15-25-8-3-5-10-27(25)18-23)33(45)40-28(11-6-16-38-34(36)37)32(44)41-29(31(35)43)19-22-12-14-24-7-2-4-9-26(24)17-22/h2-5,7-10,12-15,17-18,28-30H,6,11,16,19-20H2,1H3,(H2,35,43)(H,39,42)(H,40,45)(H,41,44)(H4,36,37,38). The lowest BCUT2D eigenvalue weighted by Gasteiger charge is -2.25. The molecule has 234 valence electrons. The molecular weight excluding hydrogens is 570 g/mol. The topological polar surface area (TPSA) is 195 Å². The minimum Gasteiger partial charge on any atom is -0.370 e. The van der Waals surface area contributed by atoms with E-state index in [9.17, 15) is 19.2 Å². The molecule has 0 aliphatic heterocycles. The molecule has 9 N–H and O–H groups in total. The summed E-state index contributed by atoms with van der Waals surface area (Å²) >= 11 is 0. The molecule has 11 heteroatoms. The quantitative estimate of drug-likeness (QED) is 0.0716. The van der Waals surface area contributed by atoms with Gasteiger partial charge in [-0.05, 0) is 45.5 Å². The molecule has 11 nitrogen and oxygen atoms in total. The van der Waals surface area contributed by atoms with Gasteiger partial charge in [-0.2, -0.15) is 0 Å². The first-order valence-corrected chi connectivity index (χ1v) is 14.8. The molecule has 0 radical (unpaired) electrons. The Morgan fingerprint density at radius 1 is 0.644 bits per heavy atom. The summed E-state index contributed by atoms with van der Waals surface area (Å²) in [4.78, 5) is 55.6. The summed E-state index contributed by atoms with van der Waals surface area (Å²) in [6.45, 7) is 1.55. The third-order valence-electron chi connectivity index (χ3n) is 7.44. The second-order valence-corrected chi connectivity index (χ2v) is 11.0. The first-order chi connectivity index (χ1) is 21.6. The summed E-state index contributed by atoms with van der Waals surface area (Å²) in [7, 11) is 0. The van der Waals surface area contributed by atoms with Crippen LogP contribution in [-0.2, 0) is 32.0 Å². The lowest BCUT2D eigenvalue weighted by molar-refractivity contribution is -0.133. The normalized spacial score (nSPS) is 12.9. The molecule has 0 fully saturated rings. The zero-order valence-electron chi connectivity index (χ0n) is 25.2. The molecule has 4 aromatic rings. The van der Waals surface area contributed by atoms with E-state index >= 15 is 0 Å². The number of carbonyl (C=O) groups is 4. The van der Waals surface area contributed by atoms with Crippen LogP contribution in [0.3, 0.4) is 0 Å². The van der Waals surface area contributed by atoms with Crippen molar-refractivity contribution in [1.29, 1.82) is 0 Å². The van der Waals surface area contributed by atoms with E-state index in [1.807, 2.05) is 84.9 Å². The number of amides is 4. The van der Waals surface area contributed by atoms with E-state index in [1.165, 1.54) is 6.92 Å². The van der Waals surface area contributed by atoms with Gasteiger partial charge in [0.15, 0.2) is 5.96 Å². The molecule has 0 saturated heterocycles. The van der Waals surface area contributed by atoms with E-state index in [1.54, 1.807) is 0 Å². The van der Waals surface area contributed by atoms with Gasteiger partial charge in [-0.15, -0.1) is 0 Å². The van der Waals surface area contributed by atoms with Crippen LogP contribution in [0.5, 0.6) is 0 Å². The average Bonchev–Trinajstić information content (AvgIpc) is 3.01. The molecule has 0 bridgehead atoms. The predicted molar refractivity (Wildman–Crippen MR) is 176 cm³/mol. The fraction of sp³-hybridized carbons (Fsp3) is 0.265. The Kier molecular flexibility index (Phi) is 11.1. The molecule has 0 spiro atoms. The molecular formula is C34H39N7O4. The van der Waals surface area contributed by atoms with Gasteiger partial charge in [-0.3, -0.25) is 24.2 Å². The van der Waals surface area contributed by atoms with Crippen molar-refractivity contribution in [2.45, 2.75) is 50.7 Å². The van der Waals surface area contributed by atoms with Crippen molar-refractivity contribution in [3.63, 3.8) is 0 Å². The monoisotopic (exact) mass is 609 g/mol. The van der Waals surface area contributed by atoms with Gasteiger partial charge >= 0.3 is 0 Å². The van der Waals surface area contributed by atoms with Crippen molar-refractivity contribution in [2.24, 2.45) is 22.2 Å². The van der Waals surface area contributed by atoms with E-state index in [0.717, 1.165) is 32.7 Å². The number of primary amides is 1. The van der Waals surface area contributed by atoms with Crippen LogP contribution in [0.25, 0.3) is 21.5 Å². The summed E-state index contributed by atoms with van der Waals surface area (Å²) in [6, 6.07) is 24.2. The Balaban J connectivity index is 1.51. The number of nitrogens with zero attached hydrogens (tertiary/aromatic N) is 1. The van der Waals surface area contributed by atoms with Crippen LogP contribution < -0.4 is 33.2 Å². The first-order valence-electron chi connectivity index (χ1n) is 14.8. The van der Waals surface area contributed by atoms with Crippen molar-refractivity contribution in [2.75, 3.05) is 6.54 Å². The maximum absolute atomic E-state index is 13.6. The zero-order valence-corrected chi connectivity index (χ0v) is 25.2. The van der Waals surface area contributed by atoms with Crippen molar-refractivity contribution in [3.8, 4) is 0 Å². The Morgan fingerprint density at radius 3 is 1.64 bits per heavy atom. The second kappa shape index (κ2) is 15.3. The van der Waals surface area contributed by atoms with Gasteiger partial charge in [0.1, 0.15) is 18.1 Å². The predicted octanol–water partition coefficient (Wildman–Crippen LogP) is 1.79. The highest BCUT2D eigenvalue weighted by atomic mass is 16.2. The van der Waals surface area contributed by atoms with Crippen LogP contribution in [0.1, 0.15) is 30.9 Å². The van der Waals surface area contributed by atoms with Gasteiger partial charge in [0.05, 0.1) is 0 Å². The van der Waals surface area contributed by atoms with Crippen molar-refractivity contribution < 1.29 is 19.2 Å². The number of nitrogens with two attached hydrogens (primary N) is 3. The van der Waals surface area contributed by atoms with Crippen molar-refractivity contribution >= 4 is 51.1 Å². The summed E-state index contributed by atoms with van der Waals surface area (Å²) in [6.07, 6.45) is 0.887. The molecule has 3 atom stereocenters. The van der Waals surface area contributed by atoms with Crippen LogP contribution >= 0.6 is 0 Å². The third-order valence-corrected chi connectivity index (χ3v) is 7.44. The van der Waals surface area contributed by atoms with Crippen LogP contribution in [0, 0.1) is 0 Å². The van der Waals surface area contributed by atoms with Crippen LogP contribution in [0.15, 0.2) is 89.9 Å². The minimum absolute atomic E-state index is 0.0923. The Bertz CT molecular complexity index is 1720.